The smallest absolute Gasteiger partial charge is 0.150 e. The molecule has 28 heavy (non-hydrogen) atoms. The van der Waals surface area contributed by atoms with Crippen LogP contribution in [0, 0.1) is 6.92 Å². The molecule has 1 fully saturated rings. The minimum Gasteiger partial charge on any atom is -0.463 e. The minimum absolute atomic E-state index is 0.0820. The number of rotatable bonds is 7. The van der Waals surface area contributed by atoms with Gasteiger partial charge in [-0.3, -0.25) is 17.0 Å². The molecule has 2 atom stereocenters. The molecular weight excluding hydrogens is 362 g/mol. The molecule has 0 saturated carbocycles. The van der Waals surface area contributed by atoms with E-state index >= 15 is 0 Å². The molecule has 2 unspecified atom stereocenters. The molecule has 2 aromatic rings. The summed E-state index contributed by atoms with van der Waals surface area (Å²) < 4.78 is 5.35. The van der Waals surface area contributed by atoms with Crippen molar-refractivity contribution in [1.82, 2.24) is 20.7 Å². The van der Waals surface area contributed by atoms with Crippen molar-refractivity contribution < 1.29 is 14.2 Å². The molecule has 1 aromatic carbocycles. The summed E-state index contributed by atoms with van der Waals surface area (Å²) in [5.41, 5.74) is 11.7. The maximum absolute atomic E-state index is 6.26. The van der Waals surface area contributed by atoms with Gasteiger partial charge in [0.25, 0.3) is 0 Å². The van der Waals surface area contributed by atoms with Gasteiger partial charge < -0.3 is 15.6 Å². The molecule has 0 bridgehead atoms. The van der Waals surface area contributed by atoms with Crippen molar-refractivity contribution in [1.29, 1.82) is 0 Å². The third-order valence-corrected chi connectivity index (χ3v) is 4.30. The van der Waals surface area contributed by atoms with E-state index in [1.54, 1.807) is 24.5 Å². The Kier molecular flexibility index (Phi) is 7.14. The van der Waals surface area contributed by atoms with Crippen LogP contribution in [0.2, 0.25) is 0 Å². The highest BCUT2D eigenvalue weighted by atomic mass is 17.2. The minimum atomic E-state index is -0.578. The van der Waals surface area contributed by atoms with E-state index in [1.807, 2.05) is 11.8 Å². The maximum atomic E-state index is 6.26. The molecule has 10 heteroatoms. The summed E-state index contributed by atoms with van der Waals surface area (Å²) in [4.78, 5) is 12.3. The van der Waals surface area contributed by atoms with E-state index in [-0.39, 0.29) is 13.5 Å². The molecule has 1 aromatic heterocycles. The second-order valence-corrected chi connectivity index (χ2v) is 6.51. The molecule has 0 amide bonds. The molecule has 8 N–H and O–H groups in total. The van der Waals surface area contributed by atoms with Gasteiger partial charge in [-0.25, -0.2) is 14.7 Å². The quantitative estimate of drug-likeness (QED) is 0.192. The number of nitrogens with zero attached hydrogens (tertiary/aromatic N) is 2. The second-order valence-electron chi connectivity index (χ2n) is 6.51. The van der Waals surface area contributed by atoms with Crippen LogP contribution in [0.25, 0.3) is 5.70 Å². The van der Waals surface area contributed by atoms with Crippen LogP contribution >= 0.6 is 0 Å². The lowest BCUT2D eigenvalue weighted by Gasteiger charge is -2.35. The van der Waals surface area contributed by atoms with Crippen LogP contribution in [0.3, 0.4) is 0 Å². The summed E-state index contributed by atoms with van der Waals surface area (Å²) in [6, 6.07) is 11.8. The zero-order valence-electron chi connectivity index (χ0n) is 15.7. The van der Waals surface area contributed by atoms with Crippen molar-refractivity contribution in [3.05, 3.63) is 65.6 Å². The summed E-state index contributed by atoms with van der Waals surface area (Å²) in [6.07, 6.45) is 2.25. The third kappa shape index (κ3) is 5.38. The molecule has 1 aliphatic heterocycles. The number of furan rings is 1. The van der Waals surface area contributed by atoms with Crippen molar-refractivity contribution in [2.75, 3.05) is 13.5 Å². The van der Waals surface area contributed by atoms with Gasteiger partial charge in [0.15, 0.2) is 5.76 Å². The highest BCUT2D eigenvalue weighted by Crippen LogP contribution is 2.14. The first-order valence-electron chi connectivity index (χ1n) is 8.86. The third-order valence-electron chi connectivity index (χ3n) is 4.30. The SMILES string of the molecule is Cc1ccc(CN2COOCN(N)C2NC(N)/C=C(\NN)c2ccco2)cc1. The van der Waals surface area contributed by atoms with Gasteiger partial charge in [-0.1, -0.05) is 29.8 Å². The Morgan fingerprint density at radius 2 is 2.00 bits per heavy atom. The summed E-state index contributed by atoms with van der Waals surface area (Å²) in [5, 5.41) is 4.72. The normalized spacial score (nSPS) is 20.7. The number of benzene rings is 1. The van der Waals surface area contributed by atoms with E-state index in [0.29, 0.717) is 18.0 Å². The van der Waals surface area contributed by atoms with Gasteiger partial charge in [0.05, 0.1) is 18.1 Å². The number of hydrogen-bond donors (Lipinski definition) is 5. The van der Waals surface area contributed by atoms with Gasteiger partial charge in [-0.05, 0) is 30.7 Å². The highest BCUT2D eigenvalue weighted by Gasteiger charge is 2.28. The monoisotopic (exact) mass is 389 g/mol. The Labute approximate surface area is 163 Å². The van der Waals surface area contributed by atoms with Gasteiger partial charge in [0, 0.05) is 6.54 Å². The number of nitrogens with two attached hydrogens (primary N) is 3. The topological polar surface area (TPSA) is 140 Å². The second kappa shape index (κ2) is 9.78. The van der Waals surface area contributed by atoms with E-state index in [0.717, 1.165) is 5.56 Å². The number of hydrogen-bond acceptors (Lipinski definition) is 10. The molecular formula is C18H27N7O3. The summed E-state index contributed by atoms with van der Waals surface area (Å²) in [7, 11) is 0. The molecule has 3 rings (SSSR count). The Morgan fingerprint density at radius 3 is 2.68 bits per heavy atom. The average molecular weight is 389 g/mol. The van der Waals surface area contributed by atoms with Crippen molar-refractivity contribution in [3.63, 3.8) is 0 Å². The van der Waals surface area contributed by atoms with E-state index in [2.05, 4.69) is 35.0 Å². The fourth-order valence-electron chi connectivity index (χ4n) is 2.85. The lowest BCUT2D eigenvalue weighted by Crippen LogP contribution is -2.62. The molecule has 0 spiro atoms. The molecule has 1 aliphatic rings. The Hall–Kier alpha value is -2.28. The van der Waals surface area contributed by atoms with Gasteiger partial charge in [-0.2, -0.15) is 5.01 Å². The standard InChI is InChI=1S/C18H27N7O3/c1-13-4-6-14(7-5-13)10-24-11-27-28-12-25(21)18(24)22-17(19)9-15(23-20)16-3-2-8-26-16/h2-9,17-18,22-23H,10-12,19-21H2,1H3/b15-9-. The zero-order valence-corrected chi connectivity index (χ0v) is 15.7. The van der Waals surface area contributed by atoms with Crippen LogP contribution in [0.15, 0.2) is 53.2 Å². The van der Waals surface area contributed by atoms with Crippen LogP contribution in [-0.2, 0) is 16.3 Å². The summed E-state index contributed by atoms with van der Waals surface area (Å²) in [5.74, 6) is 12.3. The van der Waals surface area contributed by atoms with Crippen molar-refractivity contribution in [2.24, 2.45) is 17.4 Å². The highest BCUT2D eigenvalue weighted by molar-refractivity contribution is 5.59. The van der Waals surface area contributed by atoms with Gasteiger partial charge in [0.1, 0.15) is 19.8 Å². The van der Waals surface area contributed by atoms with E-state index in [9.17, 15) is 0 Å². The van der Waals surface area contributed by atoms with Gasteiger partial charge >= 0.3 is 0 Å². The zero-order chi connectivity index (χ0) is 19.9. The summed E-state index contributed by atoms with van der Waals surface area (Å²) >= 11 is 0. The Bertz CT molecular complexity index is 751. The molecule has 0 aliphatic carbocycles. The van der Waals surface area contributed by atoms with E-state index < -0.39 is 12.5 Å². The first-order valence-corrected chi connectivity index (χ1v) is 8.86. The van der Waals surface area contributed by atoms with Gasteiger partial charge in [-0.15, -0.1) is 0 Å². The largest absolute Gasteiger partial charge is 0.463 e. The molecule has 152 valence electrons. The van der Waals surface area contributed by atoms with Crippen LogP contribution < -0.4 is 28.2 Å². The first kappa shape index (κ1) is 20.5. The first-order chi connectivity index (χ1) is 13.6. The average Bonchev–Trinajstić information content (AvgIpc) is 3.17. The van der Waals surface area contributed by atoms with Crippen molar-refractivity contribution >= 4 is 5.70 Å². The lowest BCUT2D eigenvalue weighted by atomic mass is 10.1. The predicted molar refractivity (Wildman–Crippen MR) is 104 cm³/mol. The fourth-order valence-corrected chi connectivity index (χ4v) is 2.85. The summed E-state index contributed by atoms with van der Waals surface area (Å²) in [6.45, 7) is 2.94. The molecule has 2 heterocycles. The van der Waals surface area contributed by atoms with Gasteiger partial charge in [0.2, 0.25) is 0 Å². The predicted octanol–water partition coefficient (Wildman–Crippen LogP) is 0.105. The van der Waals surface area contributed by atoms with Crippen LogP contribution in [0.4, 0.5) is 0 Å². The Balaban J connectivity index is 1.73. The Morgan fingerprint density at radius 1 is 1.25 bits per heavy atom. The van der Waals surface area contributed by atoms with Crippen molar-refractivity contribution in [3.8, 4) is 0 Å². The molecule has 1 saturated heterocycles. The number of nitrogens with one attached hydrogen (secondary N) is 2. The molecule has 10 nitrogen and oxygen atoms in total. The van der Waals surface area contributed by atoms with Crippen LogP contribution in [0.1, 0.15) is 16.9 Å². The maximum Gasteiger partial charge on any atom is 0.150 e. The number of aryl methyl sites for hydroxylation is 1. The van der Waals surface area contributed by atoms with E-state index in [1.165, 1.54) is 10.6 Å². The van der Waals surface area contributed by atoms with Crippen LogP contribution in [0.5, 0.6) is 0 Å². The van der Waals surface area contributed by atoms with E-state index in [4.69, 9.17) is 31.6 Å². The van der Waals surface area contributed by atoms with Crippen LogP contribution in [-0.4, -0.2) is 35.8 Å². The lowest BCUT2D eigenvalue weighted by molar-refractivity contribution is -0.314. The fraction of sp³-hybridized carbons (Fsp3) is 0.333. The number of hydrazine groups is 2. The molecule has 0 radical (unpaired) electrons. The van der Waals surface area contributed by atoms with Crippen molar-refractivity contribution in [2.45, 2.75) is 25.9 Å².